The van der Waals surface area contributed by atoms with Crippen LogP contribution in [0, 0.1) is 10.7 Å². The van der Waals surface area contributed by atoms with Crippen LogP contribution in [0.3, 0.4) is 0 Å². The molecule has 17 heavy (non-hydrogen) atoms. The molecule has 0 atom stereocenters. The molecule has 1 N–H and O–H groups in total. The lowest BCUT2D eigenvalue weighted by molar-refractivity contribution is -0.729. The van der Waals surface area contributed by atoms with E-state index in [1.54, 1.807) is 0 Å². The molecule has 0 radical (unpaired) electrons. The van der Waals surface area contributed by atoms with E-state index in [0.717, 1.165) is 12.3 Å². The molecule has 0 fully saturated rings. The quantitative estimate of drug-likeness (QED) is 0.633. The van der Waals surface area contributed by atoms with Gasteiger partial charge in [0.15, 0.2) is 6.29 Å². The van der Waals surface area contributed by atoms with Crippen molar-refractivity contribution >= 4 is 22.9 Å². The van der Waals surface area contributed by atoms with Crippen LogP contribution in [-0.2, 0) is 0 Å². The summed E-state index contributed by atoms with van der Waals surface area (Å²) in [6.45, 7) is 0. The monoisotopic (exact) mass is 238 g/mol. The second-order valence-electron chi connectivity index (χ2n) is 3.21. The van der Waals surface area contributed by atoms with Crippen LogP contribution in [0.4, 0.5) is 10.1 Å². The Hall–Kier alpha value is -2.57. The van der Waals surface area contributed by atoms with Crippen molar-refractivity contribution in [3.05, 3.63) is 44.9 Å². The molecule has 2 rings (SSSR count). The molecule has 0 bridgehead atoms. The van der Waals surface area contributed by atoms with Gasteiger partial charge in [-0.1, -0.05) is 0 Å². The summed E-state index contributed by atoms with van der Waals surface area (Å²) >= 11 is 0. The van der Waals surface area contributed by atoms with Crippen molar-refractivity contribution in [3.63, 3.8) is 0 Å². The van der Waals surface area contributed by atoms with Crippen LogP contribution in [0.2, 0.25) is 0 Å². The SMILES string of the molecule is O=Cc1coc2c([N+](=O)O)cc(F)cc2c1=O. The fourth-order valence-electron chi connectivity index (χ4n) is 1.43. The van der Waals surface area contributed by atoms with Gasteiger partial charge in [0.25, 0.3) is 4.92 Å². The van der Waals surface area contributed by atoms with E-state index in [1.807, 2.05) is 0 Å². The molecular formula is C10H5FNO5+. The summed E-state index contributed by atoms with van der Waals surface area (Å²) in [6, 6.07) is 1.53. The van der Waals surface area contributed by atoms with Gasteiger partial charge in [-0.2, -0.15) is 0 Å². The van der Waals surface area contributed by atoms with Crippen LogP contribution >= 0.6 is 0 Å². The number of fused-ring (bicyclic) bond motifs is 1. The third-order valence-electron chi connectivity index (χ3n) is 2.18. The van der Waals surface area contributed by atoms with E-state index >= 15 is 0 Å². The van der Waals surface area contributed by atoms with Crippen molar-refractivity contribution in [1.82, 2.24) is 0 Å². The maximum Gasteiger partial charge on any atom is 0.362 e. The van der Waals surface area contributed by atoms with Crippen LogP contribution in [0.25, 0.3) is 11.0 Å². The molecule has 0 aliphatic rings. The largest absolute Gasteiger partial charge is 0.456 e. The molecular weight excluding hydrogens is 233 g/mol. The zero-order valence-corrected chi connectivity index (χ0v) is 8.21. The second-order valence-corrected chi connectivity index (χ2v) is 3.21. The molecule has 0 aliphatic heterocycles. The lowest BCUT2D eigenvalue weighted by atomic mass is 10.1. The predicted octanol–water partition coefficient (Wildman–Crippen LogP) is 1.54. The number of rotatable bonds is 2. The highest BCUT2D eigenvalue weighted by Gasteiger charge is 2.23. The summed E-state index contributed by atoms with van der Waals surface area (Å²) in [6.07, 6.45) is 1.09. The summed E-state index contributed by atoms with van der Waals surface area (Å²) in [5.41, 5.74) is -1.91. The van der Waals surface area contributed by atoms with Crippen LogP contribution in [-0.4, -0.2) is 16.4 Å². The van der Waals surface area contributed by atoms with Crippen LogP contribution < -0.4 is 5.43 Å². The average molecular weight is 238 g/mol. The minimum absolute atomic E-state index is 0.254. The van der Waals surface area contributed by atoms with E-state index in [9.17, 15) is 18.9 Å². The first-order valence-corrected chi connectivity index (χ1v) is 4.41. The first kappa shape index (κ1) is 10.9. The van der Waals surface area contributed by atoms with Gasteiger partial charge in [0, 0.05) is 0 Å². The van der Waals surface area contributed by atoms with Crippen LogP contribution in [0.5, 0.6) is 0 Å². The first-order valence-electron chi connectivity index (χ1n) is 4.41. The van der Waals surface area contributed by atoms with E-state index in [-0.39, 0.29) is 22.8 Å². The molecule has 1 heterocycles. The standard InChI is InChI=1S/C10H5FNO5/c11-6-1-7-9(14)5(3-13)4-17-10(7)8(2-6)12(15)16/h1-4H,(H,15,16)/q+1. The lowest BCUT2D eigenvalue weighted by Crippen LogP contribution is -2.09. The molecule has 7 heteroatoms. The third kappa shape index (κ3) is 1.67. The Morgan fingerprint density at radius 3 is 2.71 bits per heavy atom. The summed E-state index contributed by atoms with van der Waals surface area (Å²) in [5.74, 6) is -0.905. The van der Waals surface area contributed by atoms with Gasteiger partial charge in [-0.05, 0) is 6.07 Å². The molecule has 1 aromatic heterocycles. The maximum atomic E-state index is 13.1. The minimum atomic E-state index is -0.905. The second kappa shape index (κ2) is 3.78. The van der Waals surface area contributed by atoms with E-state index in [2.05, 4.69) is 0 Å². The molecule has 86 valence electrons. The Kier molecular flexibility index (Phi) is 2.43. The smallest absolute Gasteiger partial charge is 0.362 e. The first-order chi connectivity index (χ1) is 8.04. The van der Waals surface area contributed by atoms with Crippen LogP contribution in [0.1, 0.15) is 10.4 Å². The Bertz CT molecular complexity index is 691. The fourth-order valence-corrected chi connectivity index (χ4v) is 1.43. The van der Waals surface area contributed by atoms with Gasteiger partial charge in [-0.25, -0.2) is 9.60 Å². The number of aldehydes is 1. The van der Waals surface area contributed by atoms with Gasteiger partial charge in [0.05, 0.1) is 21.9 Å². The van der Waals surface area contributed by atoms with Crippen molar-refractivity contribution in [2.75, 3.05) is 0 Å². The van der Waals surface area contributed by atoms with E-state index < -0.39 is 21.9 Å². The third-order valence-corrected chi connectivity index (χ3v) is 2.18. The van der Waals surface area contributed by atoms with Crippen molar-refractivity contribution in [3.8, 4) is 0 Å². The van der Waals surface area contributed by atoms with Gasteiger partial charge < -0.3 is 4.42 Å². The highest BCUT2D eigenvalue weighted by Crippen LogP contribution is 2.24. The number of hydrogen-bond donors (Lipinski definition) is 1. The molecule has 0 saturated heterocycles. The maximum absolute atomic E-state index is 13.1. The van der Waals surface area contributed by atoms with E-state index in [0.29, 0.717) is 6.07 Å². The molecule has 0 saturated carbocycles. The predicted molar refractivity (Wildman–Crippen MR) is 52.9 cm³/mol. The van der Waals surface area contributed by atoms with Crippen LogP contribution in [0.15, 0.2) is 27.6 Å². The number of carbonyl (C=O) groups is 1. The summed E-state index contributed by atoms with van der Waals surface area (Å²) in [5, 5.41) is 8.45. The topological polar surface area (TPSA) is 87.6 Å². The molecule has 0 spiro atoms. The summed E-state index contributed by atoms with van der Waals surface area (Å²) in [4.78, 5) is 32.3. The van der Waals surface area contributed by atoms with Gasteiger partial charge in [-0.3, -0.25) is 9.59 Å². The number of benzene rings is 1. The fraction of sp³-hybridized carbons (Fsp3) is 0. The number of hydrogen-bond acceptors (Lipinski definition) is 4. The Morgan fingerprint density at radius 1 is 1.41 bits per heavy atom. The molecule has 2 aromatic rings. The normalized spacial score (nSPS) is 10.4. The van der Waals surface area contributed by atoms with Gasteiger partial charge in [0.2, 0.25) is 11.0 Å². The van der Waals surface area contributed by atoms with Crippen molar-refractivity contribution in [2.24, 2.45) is 0 Å². The highest BCUT2D eigenvalue weighted by atomic mass is 19.1. The Labute approximate surface area is 92.4 Å². The van der Waals surface area contributed by atoms with Crippen molar-refractivity contribution in [2.45, 2.75) is 0 Å². The zero-order valence-electron chi connectivity index (χ0n) is 8.21. The summed E-state index contributed by atoms with van der Waals surface area (Å²) < 4.78 is 18.0. The van der Waals surface area contributed by atoms with Gasteiger partial charge >= 0.3 is 5.69 Å². The number of nitrogens with zero attached hydrogens (tertiary/aromatic N) is 1. The molecule has 0 amide bonds. The zero-order chi connectivity index (χ0) is 12.6. The number of carbonyl (C=O) groups excluding carboxylic acids is 1. The lowest BCUT2D eigenvalue weighted by Gasteiger charge is -1.97. The van der Waals surface area contributed by atoms with Crippen molar-refractivity contribution in [1.29, 1.82) is 0 Å². The Morgan fingerprint density at radius 2 is 2.12 bits per heavy atom. The number of halogens is 1. The average Bonchev–Trinajstić information content (AvgIpc) is 2.29. The van der Waals surface area contributed by atoms with Gasteiger partial charge in [-0.15, -0.1) is 0 Å². The molecule has 0 unspecified atom stereocenters. The molecule has 0 aliphatic carbocycles. The van der Waals surface area contributed by atoms with E-state index in [4.69, 9.17) is 9.62 Å². The highest BCUT2D eigenvalue weighted by molar-refractivity contribution is 5.89. The summed E-state index contributed by atoms with van der Waals surface area (Å²) in [7, 11) is 0. The molecule has 6 nitrogen and oxygen atoms in total. The van der Waals surface area contributed by atoms with Crippen molar-refractivity contribution < 1.29 is 23.7 Å². The van der Waals surface area contributed by atoms with Gasteiger partial charge in [0.1, 0.15) is 12.1 Å². The van der Waals surface area contributed by atoms with E-state index in [1.165, 1.54) is 0 Å². The minimum Gasteiger partial charge on any atom is -0.456 e. The molecule has 1 aromatic carbocycles. The Balaban J connectivity index is 2.99.